The van der Waals surface area contributed by atoms with E-state index in [9.17, 15) is 8.78 Å². The Morgan fingerprint density at radius 3 is 2.50 bits per heavy atom. The number of hydrogen-bond acceptors (Lipinski definition) is 2. The van der Waals surface area contributed by atoms with Crippen LogP contribution in [0.5, 0.6) is 0 Å². The fraction of sp³-hybridized carbons (Fsp3) is 0.263. The maximum Gasteiger partial charge on any atom is 0.159 e. The van der Waals surface area contributed by atoms with Crippen LogP contribution in [0.25, 0.3) is 11.8 Å². The van der Waals surface area contributed by atoms with E-state index in [0.29, 0.717) is 0 Å². The molecule has 1 fully saturated rings. The first-order chi connectivity index (χ1) is 11.6. The Kier molecular flexibility index (Phi) is 4.06. The van der Waals surface area contributed by atoms with Crippen LogP contribution in [0.2, 0.25) is 0 Å². The van der Waals surface area contributed by atoms with Crippen molar-refractivity contribution in [1.29, 1.82) is 0 Å². The van der Waals surface area contributed by atoms with Gasteiger partial charge in [-0.1, -0.05) is 30.0 Å². The minimum absolute atomic E-state index is 0.774. The lowest BCUT2D eigenvalue weighted by Gasteiger charge is -2.34. The molecule has 0 aromatic heterocycles. The molecule has 124 valence electrons. The second-order valence-corrected chi connectivity index (χ2v) is 7.46. The van der Waals surface area contributed by atoms with E-state index in [0.717, 1.165) is 52.8 Å². The summed E-state index contributed by atoms with van der Waals surface area (Å²) in [5.41, 5.74) is 2.88. The van der Waals surface area contributed by atoms with Gasteiger partial charge in [0.25, 0.3) is 0 Å². The molecule has 0 bridgehead atoms. The molecule has 0 saturated carbocycles. The third kappa shape index (κ3) is 2.82. The fourth-order valence-electron chi connectivity index (χ4n) is 3.24. The van der Waals surface area contributed by atoms with Crippen LogP contribution < -0.4 is 4.90 Å². The van der Waals surface area contributed by atoms with Crippen LogP contribution in [0.1, 0.15) is 11.1 Å². The Bertz CT molecular complexity index is 811. The van der Waals surface area contributed by atoms with Gasteiger partial charge < -0.3 is 9.80 Å². The number of nitrogens with zero attached hydrogens (tertiary/aromatic N) is 1. The Morgan fingerprint density at radius 1 is 1.00 bits per heavy atom. The number of piperazine rings is 1. The number of halogens is 2. The Labute approximate surface area is 144 Å². The van der Waals surface area contributed by atoms with Crippen molar-refractivity contribution in [2.45, 2.75) is 9.79 Å². The molecule has 0 atom stereocenters. The third-order valence-corrected chi connectivity index (χ3v) is 5.84. The maximum absolute atomic E-state index is 13.9. The average molecular weight is 345 g/mol. The lowest BCUT2D eigenvalue weighted by molar-refractivity contribution is -0.883. The van der Waals surface area contributed by atoms with Gasteiger partial charge in [0, 0.05) is 21.1 Å². The number of nitrogens with one attached hydrogen (secondary N) is 1. The lowest BCUT2D eigenvalue weighted by Crippen LogP contribution is -3.11. The van der Waals surface area contributed by atoms with Gasteiger partial charge in [-0.3, -0.25) is 0 Å². The van der Waals surface area contributed by atoms with Gasteiger partial charge in [-0.2, -0.15) is 0 Å². The van der Waals surface area contributed by atoms with Crippen LogP contribution >= 0.6 is 11.8 Å². The van der Waals surface area contributed by atoms with E-state index in [1.165, 1.54) is 28.8 Å². The average Bonchev–Trinajstić information content (AvgIpc) is 2.73. The van der Waals surface area contributed by atoms with Crippen molar-refractivity contribution in [3.63, 3.8) is 0 Å². The molecule has 0 radical (unpaired) electrons. The van der Waals surface area contributed by atoms with Gasteiger partial charge in [-0.05, 0) is 29.8 Å². The molecule has 2 heterocycles. The molecule has 2 aromatic rings. The van der Waals surface area contributed by atoms with Crippen LogP contribution in [0.4, 0.5) is 8.78 Å². The lowest BCUT2D eigenvalue weighted by atomic mass is 10.1. The topological polar surface area (TPSA) is 7.68 Å². The van der Waals surface area contributed by atoms with Crippen molar-refractivity contribution < 1.29 is 13.7 Å². The monoisotopic (exact) mass is 345 g/mol. The zero-order valence-electron chi connectivity index (χ0n) is 13.5. The van der Waals surface area contributed by atoms with E-state index < -0.39 is 11.6 Å². The molecule has 2 nitrogen and oxygen atoms in total. The second kappa shape index (κ2) is 6.22. The van der Waals surface area contributed by atoms with Crippen LogP contribution in [0.3, 0.4) is 0 Å². The first-order valence-corrected chi connectivity index (χ1v) is 8.98. The van der Waals surface area contributed by atoms with Gasteiger partial charge in [-0.15, -0.1) is 0 Å². The molecule has 1 N–H and O–H groups in total. The summed E-state index contributed by atoms with van der Waals surface area (Å²) in [7, 11) is 2.19. The number of likely N-dealkylation sites (N-methyl/N-ethyl adjacent to an activating group) is 1. The first-order valence-electron chi connectivity index (χ1n) is 8.16. The molecule has 2 aliphatic heterocycles. The summed E-state index contributed by atoms with van der Waals surface area (Å²) in [4.78, 5) is 5.64. The summed E-state index contributed by atoms with van der Waals surface area (Å²) in [5, 5.41) is 0. The van der Waals surface area contributed by atoms with Crippen molar-refractivity contribution >= 4 is 23.5 Å². The Morgan fingerprint density at radius 2 is 1.71 bits per heavy atom. The van der Waals surface area contributed by atoms with E-state index in [4.69, 9.17) is 0 Å². The molecule has 5 heteroatoms. The molecule has 24 heavy (non-hydrogen) atoms. The molecule has 0 amide bonds. The highest BCUT2D eigenvalue weighted by atomic mass is 32.2. The van der Waals surface area contributed by atoms with Gasteiger partial charge in [0.1, 0.15) is 0 Å². The van der Waals surface area contributed by atoms with Crippen LogP contribution in [0, 0.1) is 11.6 Å². The van der Waals surface area contributed by atoms with E-state index in [1.54, 1.807) is 0 Å². The fourth-order valence-corrected chi connectivity index (χ4v) is 4.30. The maximum atomic E-state index is 13.9. The second-order valence-electron chi connectivity index (χ2n) is 6.38. The molecule has 0 aliphatic carbocycles. The molecule has 2 aliphatic rings. The van der Waals surface area contributed by atoms with Gasteiger partial charge in [0.2, 0.25) is 0 Å². The van der Waals surface area contributed by atoms with Crippen molar-refractivity contribution in [3.05, 3.63) is 59.2 Å². The Balaban J connectivity index is 1.86. The standard InChI is InChI=1S/C19H18F2N2S/c1-22-6-8-23(9-7-22)17-10-13-4-2-3-5-18(13)24-19-12-16(21)15(20)11-14(17)19/h2-5,10-12H,6-9H2,1H3/p+1. The van der Waals surface area contributed by atoms with E-state index in [1.807, 2.05) is 18.2 Å². The van der Waals surface area contributed by atoms with Gasteiger partial charge in [0.15, 0.2) is 11.6 Å². The number of rotatable bonds is 1. The molecule has 0 unspecified atom stereocenters. The predicted molar refractivity (Wildman–Crippen MR) is 93.0 cm³/mol. The smallest absolute Gasteiger partial charge is 0.159 e. The van der Waals surface area contributed by atoms with Crippen molar-refractivity contribution in [3.8, 4) is 0 Å². The summed E-state index contributed by atoms with van der Waals surface area (Å²) in [6.45, 7) is 3.93. The molecule has 1 saturated heterocycles. The highest BCUT2D eigenvalue weighted by molar-refractivity contribution is 7.99. The number of fused-ring (bicyclic) bond motifs is 2. The number of quaternary nitrogens is 1. The zero-order chi connectivity index (χ0) is 16.7. The summed E-state index contributed by atoms with van der Waals surface area (Å²) in [6.07, 6.45) is 2.12. The predicted octanol–water partition coefficient (Wildman–Crippen LogP) is 2.76. The van der Waals surface area contributed by atoms with Gasteiger partial charge >= 0.3 is 0 Å². The summed E-state index contributed by atoms with van der Waals surface area (Å²) in [5.74, 6) is -1.58. The SMILES string of the molecule is C[NH+]1CCN(C2=Cc3ccccc3Sc3cc(F)c(F)cc32)CC1. The highest BCUT2D eigenvalue weighted by Gasteiger charge is 2.25. The molecule has 4 rings (SSSR count). The van der Waals surface area contributed by atoms with E-state index >= 15 is 0 Å². The molecule has 2 aromatic carbocycles. The first kappa shape index (κ1) is 15.7. The largest absolute Gasteiger partial charge is 0.360 e. The van der Waals surface area contributed by atoms with Crippen LogP contribution in [0.15, 0.2) is 46.2 Å². The zero-order valence-corrected chi connectivity index (χ0v) is 14.3. The van der Waals surface area contributed by atoms with E-state index in [2.05, 4.69) is 24.1 Å². The van der Waals surface area contributed by atoms with Crippen LogP contribution in [-0.4, -0.2) is 38.1 Å². The Hall–Kier alpha value is -1.85. The number of benzene rings is 2. The summed E-state index contributed by atoms with van der Waals surface area (Å²) < 4.78 is 27.7. The van der Waals surface area contributed by atoms with Crippen molar-refractivity contribution in [2.24, 2.45) is 0 Å². The summed E-state index contributed by atoms with van der Waals surface area (Å²) >= 11 is 1.50. The number of hydrogen-bond donors (Lipinski definition) is 1. The quantitative estimate of drug-likeness (QED) is 0.850. The highest BCUT2D eigenvalue weighted by Crippen LogP contribution is 2.42. The molecule has 0 spiro atoms. The molecular formula is C19H19F2N2S+. The minimum Gasteiger partial charge on any atom is -0.360 e. The van der Waals surface area contributed by atoms with Crippen molar-refractivity contribution in [1.82, 2.24) is 4.90 Å². The van der Waals surface area contributed by atoms with Crippen LogP contribution in [-0.2, 0) is 0 Å². The normalized spacial score (nSPS) is 17.8. The van der Waals surface area contributed by atoms with Crippen molar-refractivity contribution in [2.75, 3.05) is 33.2 Å². The minimum atomic E-state index is -0.789. The third-order valence-electron chi connectivity index (χ3n) is 4.69. The molecular weight excluding hydrogens is 326 g/mol. The summed E-state index contributed by atoms with van der Waals surface area (Å²) in [6, 6.07) is 10.7. The van der Waals surface area contributed by atoms with Gasteiger partial charge in [-0.25, -0.2) is 8.78 Å². The van der Waals surface area contributed by atoms with E-state index in [-0.39, 0.29) is 0 Å². The van der Waals surface area contributed by atoms with Gasteiger partial charge in [0.05, 0.1) is 33.2 Å².